The molecule has 0 bridgehead atoms. The van der Waals surface area contributed by atoms with Gasteiger partial charge in [-0.15, -0.1) is 0 Å². The minimum absolute atomic E-state index is 0.00567. The zero-order chi connectivity index (χ0) is 11.7. The number of hydrogen-bond donors (Lipinski definition) is 2. The molecule has 1 aromatic rings. The molecule has 0 aromatic carbocycles. The maximum Gasteiger partial charge on any atom is 0.0739 e. The van der Waals surface area contributed by atoms with Gasteiger partial charge in [-0.1, -0.05) is 12.1 Å². The van der Waals surface area contributed by atoms with Crippen molar-refractivity contribution in [2.75, 3.05) is 0 Å². The van der Waals surface area contributed by atoms with Crippen LogP contribution in [0.2, 0.25) is 0 Å². The van der Waals surface area contributed by atoms with Gasteiger partial charge in [-0.25, -0.2) is 0 Å². The molecule has 4 rings (SSSR count). The van der Waals surface area contributed by atoms with Crippen LogP contribution in [0.25, 0.3) is 6.08 Å². The SMILES string of the molecule is NC1(N)CCCC23CC12C=Cc1ncccc13. The van der Waals surface area contributed by atoms with Gasteiger partial charge in [0.15, 0.2) is 0 Å². The van der Waals surface area contributed by atoms with Crippen LogP contribution in [-0.2, 0) is 5.41 Å². The van der Waals surface area contributed by atoms with Crippen LogP contribution in [0.3, 0.4) is 0 Å². The molecule has 3 nitrogen and oxygen atoms in total. The van der Waals surface area contributed by atoms with Gasteiger partial charge in [0.25, 0.3) is 0 Å². The van der Waals surface area contributed by atoms with Crippen LogP contribution in [0, 0.1) is 5.41 Å². The minimum Gasteiger partial charge on any atom is -0.313 e. The van der Waals surface area contributed by atoms with Crippen LogP contribution in [0.1, 0.15) is 36.9 Å². The molecule has 1 aromatic heterocycles. The summed E-state index contributed by atoms with van der Waals surface area (Å²) in [5.41, 5.74) is 14.8. The average molecular weight is 227 g/mol. The molecule has 0 saturated heterocycles. The number of nitrogens with zero attached hydrogens (tertiary/aromatic N) is 1. The molecule has 0 aliphatic heterocycles. The average Bonchev–Trinajstić information content (AvgIpc) is 3.01. The first-order chi connectivity index (χ1) is 8.11. The lowest BCUT2D eigenvalue weighted by molar-refractivity contribution is 0.199. The first-order valence-electron chi connectivity index (χ1n) is 6.34. The molecule has 17 heavy (non-hydrogen) atoms. The van der Waals surface area contributed by atoms with Crippen molar-refractivity contribution in [1.29, 1.82) is 0 Å². The van der Waals surface area contributed by atoms with Crippen molar-refractivity contribution in [3.05, 3.63) is 35.7 Å². The van der Waals surface area contributed by atoms with Crippen molar-refractivity contribution in [1.82, 2.24) is 4.98 Å². The summed E-state index contributed by atoms with van der Waals surface area (Å²) >= 11 is 0. The summed E-state index contributed by atoms with van der Waals surface area (Å²) in [6.45, 7) is 0. The van der Waals surface area contributed by atoms with Crippen LogP contribution in [0.4, 0.5) is 0 Å². The lowest BCUT2D eigenvalue weighted by Gasteiger charge is -2.43. The molecular weight excluding hydrogens is 210 g/mol. The van der Waals surface area contributed by atoms with E-state index in [1.807, 2.05) is 12.3 Å². The Morgan fingerprint density at radius 3 is 3.00 bits per heavy atom. The topological polar surface area (TPSA) is 64.9 Å². The van der Waals surface area contributed by atoms with Crippen molar-refractivity contribution < 1.29 is 0 Å². The van der Waals surface area contributed by atoms with Crippen molar-refractivity contribution in [2.45, 2.75) is 36.8 Å². The number of nitrogens with two attached hydrogens (primary N) is 2. The summed E-state index contributed by atoms with van der Waals surface area (Å²) in [4.78, 5) is 4.46. The molecule has 4 N–H and O–H groups in total. The first-order valence-corrected chi connectivity index (χ1v) is 6.34. The lowest BCUT2D eigenvalue weighted by Crippen LogP contribution is -2.60. The Labute approximate surface area is 101 Å². The second-order valence-electron chi connectivity index (χ2n) is 5.89. The summed E-state index contributed by atoms with van der Waals surface area (Å²) < 4.78 is 0. The van der Waals surface area contributed by atoms with Crippen molar-refractivity contribution in [3.8, 4) is 0 Å². The Balaban J connectivity index is 1.96. The maximum absolute atomic E-state index is 6.37. The van der Waals surface area contributed by atoms with Crippen LogP contribution in [-0.4, -0.2) is 10.6 Å². The number of fused-ring (bicyclic) bond motifs is 1. The van der Waals surface area contributed by atoms with Gasteiger partial charge in [0, 0.05) is 17.0 Å². The van der Waals surface area contributed by atoms with E-state index in [2.05, 4.69) is 23.2 Å². The van der Waals surface area contributed by atoms with E-state index in [-0.39, 0.29) is 10.8 Å². The molecule has 3 aliphatic carbocycles. The highest BCUT2D eigenvalue weighted by Crippen LogP contribution is 2.75. The normalized spacial score (nSPS) is 40.1. The molecule has 0 radical (unpaired) electrons. The van der Waals surface area contributed by atoms with E-state index >= 15 is 0 Å². The van der Waals surface area contributed by atoms with Crippen LogP contribution in [0.15, 0.2) is 24.4 Å². The third-order valence-electron chi connectivity index (χ3n) is 5.21. The monoisotopic (exact) mass is 227 g/mol. The molecule has 2 atom stereocenters. The predicted octanol–water partition coefficient (Wildman–Crippen LogP) is 1.53. The molecule has 3 heteroatoms. The molecule has 3 aliphatic rings. The van der Waals surface area contributed by atoms with E-state index in [1.54, 1.807) is 0 Å². The van der Waals surface area contributed by atoms with Gasteiger partial charge in [-0.05, 0) is 43.4 Å². The molecule has 1 heterocycles. The fraction of sp³-hybridized carbons (Fsp3) is 0.500. The molecular formula is C14H17N3. The van der Waals surface area contributed by atoms with E-state index < -0.39 is 5.66 Å². The highest BCUT2D eigenvalue weighted by molar-refractivity contribution is 5.65. The van der Waals surface area contributed by atoms with Crippen LogP contribution < -0.4 is 11.5 Å². The number of aromatic nitrogens is 1. The second-order valence-corrected chi connectivity index (χ2v) is 5.89. The Kier molecular flexibility index (Phi) is 1.51. The van der Waals surface area contributed by atoms with Gasteiger partial charge in [-0.2, -0.15) is 0 Å². The highest BCUT2D eigenvalue weighted by Gasteiger charge is 2.75. The second kappa shape index (κ2) is 2.62. The number of pyridine rings is 1. The smallest absolute Gasteiger partial charge is 0.0739 e. The predicted molar refractivity (Wildman–Crippen MR) is 67.0 cm³/mol. The third-order valence-corrected chi connectivity index (χ3v) is 5.21. The molecule has 2 saturated carbocycles. The highest BCUT2D eigenvalue weighted by atomic mass is 15.1. The molecule has 2 fully saturated rings. The van der Waals surface area contributed by atoms with Gasteiger partial charge in [0.2, 0.25) is 0 Å². The standard InChI is InChI=1S/C14H17N3/c15-14(16)6-2-5-12-9-13(12,14)7-4-11-10(12)3-1-8-17-11/h1,3-4,7-8H,2,5-6,9,15-16H2. The third kappa shape index (κ3) is 0.905. The zero-order valence-corrected chi connectivity index (χ0v) is 9.82. The van der Waals surface area contributed by atoms with Gasteiger partial charge < -0.3 is 11.5 Å². The van der Waals surface area contributed by atoms with E-state index in [1.165, 1.54) is 12.0 Å². The van der Waals surface area contributed by atoms with Gasteiger partial charge >= 0.3 is 0 Å². The largest absolute Gasteiger partial charge is 0.313 e. The van der Waals surface area contributed by atoms with Crippen molar-refractivity contribution >= 4 is 6.08 Å². The Morgan fingerprint density at radius 2 is 2.12 bits per heavy atom. The fourth-order valence-corrected chi connectivity index (χ4v) is 4.28. The Bertz CT molecular complexity index is 534. The molecule has 0 amide bonds. The van der Waals surface area contributed by atoms with E-state index in [4.69, 9.17) is 11.5 Å². The van der Waals surface area contributed by atoms with Gasteiger partial charge in [-0.3, -0.25) is 4.98 Å². The minimum atomic E-state index is -0.546. The maximum atomic E-state index is 6.37. The summed E-state index contributed by atoms with van der Waals surface area (Å²) in [5.74, 6) is 0. The Hall–Kier alpha value is -1.19. The van der Waals surface area contributed by atoms with Crippen LogP contribution in [0.5, 0.6) is 0 Å². The quantitative estimate of drug-likeness (QED) is 0.661. The van der Waals surface area contributed by atoms with Gasteiger partial charge in [0.05, 0.1) is 11.4 Å². The van der Waals surface area contributed by atoms with E-state index in [0.717, 1.165) is 25.0 Å². The lowest BCUT2D eigenvalue weighted by atomic mass is 9.67. The summed E-state index contributed by atoms with van der Waals surface area (Å²) in [5, 5.41) is 0. The molecule has 0 spiro atoms. The number of rotatable bonds is 0. The van der Waals surface area contributed by atoms with Crippen molar-refractivity contribution in [2.24, 2.45) is 16.9 Å². The molecule has 88 valence electrons. The fourth-order valence-electron chi connectivity index (χ4n) is 4.28. The van der Waals surface area contributed by atoms with Gasteiger partial charge in [0.1, 0.15) is 0 Å². The Morgan fingerprint density at radius 1 is 1.24 bits per heavy atom. The summed E-state index contributed by atoms with van der Waals surface area (Å²) in [7, 11) is 0. The zero-order valence-electron chi connectivity index (χ0n) is 9.82. The van der Waals surface area contributed by atoms with Crippen molar-refractivity contribution in [3.63, 3.8) is 0 Å². The summed E-state index contributed by atoms with van der Waals surface area (Å²) in [6.07, 6.45) is 10.6. The molecule has 2 unspecified atom stereocenters. The summed E-state index contributed by atoms with van der Waals surface area (Å²) in [6, 6.07) is 4.23. The van der Waals surface area contributed by atoms with E-state index in [9.17, 15) is 0 Å². The van der Waals surface area contributed by atoms with E-state index in [0.29, 0.717) is 0 Å². The van der Waals surface area contributed by atoms with Crippen LogP contribution >= 0.6 is 0 Å². The number of hydrogen-bond acceptors (Lipinski definition) is 3. The first kappa shape index (κ1) is 9.80.